The van der Waals surface area contributed by atoms with Crippen LogP contribution in [0.3, 0.4) is 0 Å². The molecular weight excluding hydrogens is 150 g/mol. The number of nitrogens with one attached hydrogen (secondary N) is 1. The lowest BCUT2D eigenvalue weighted by Gasteiger charge is -2.09. The number of rotatable bonds is 3. The van der Waals surface area contributed by atoms with Crippen LogP contribution in [-0.4, -0.2) is 11.9 Å². The van der Waals surface area contributed by atoms with Gasteiger partial charge in [-0.3, -0.25) is 4.79 Å². The highest BCUT2D eigenvalue weighted by Crippen LogP contribution is 2.17. The second kappa shape index (κ2) is 4.10. The SMILES string of the molecule is C=CC(C)NC(=O)C1=CCCC1. The second-order valence-electron chi connectivity index (χ2n) is 3.12. The van der Waals surface area contributed by atoms with E-state index in [1.807, 2.05) is 13.0 Å². The van der Waals surface area contributed by atoms with Gasteiger partial charge in [0, 0.05) is 11.6 Å². The van der Waals surface area contributed by atoms with Crippen molar-refractivity contribution in [3.05, 3.63) is 24.3 Å². The van der Waals surface area contributed by atoms with E-state index in [1.54, 1.807) is 6.08 Å². The Hall–Kier alpha value is -1.05. The first kappa shape index (κ1) is 9.04. The number of hydrogen-bond donors (Lipinski definition) is 1. The average Bonchev–Trinajstić information content (AvgIpc) is 2.56. The summed E-state index contributed by atoms with van der Waals surface area (Å²) in [6, 6.07) is 0.0685. The maximum absolute atomic E-state index is 11.4. The van der Waals surface area contributed by atoms with Gasteiger partial charge in [0.2, 0.25) is 5.91 Å². The lowest BCUT2D eigenvalue weighted by atomic mass is 10.2. The quantitative estimate of drug-likeness (QED) is 0.635. The number of carbonyl (C=O) groups is 1. The molecule has 0 aromatic rings. The van der Waals surface area contributed by atoms with E-state index >= 15 is 0 Å². The zero-order valence-electron chi connectivity index (χ0n) is 7.47. The molecule has 0 saturated heterocycles. The summed E-state index contributed by atoms with van der Waals surface area (Å²) in [5.74, 6) is 0.0694. The highest BCUT2D eigenvalue weighted by Gasteiger charge is 2.13. The van der Waals surface area contributed by atoms with Crippen molar-refractivity contribution in [2.45, 2.75) is 32.2 Å². The molecule has 66 valence electrons. The first-order chi connectivity index (χ1) is 5.74. The summed E-state index contributed by atoms with van der Waals surface area (Å²) >= 11 is 0. The summed E-state index contributed by atoms with van der Waals surface area (Å²) in [7, 11) is 0. The van der Waals surface area contributed by atoms with Crippen molar-refractivity contribution in [3.63, 3.8) is 0 Å². The zero-order chi connectivity index (χ0) is 8.97. The lowest BCUT2D eigenvalue weighted by molar-refractivity contribution is -0.117. The first-order valence-corrected chi connectivity index (χ1v) is 4.36. The molecule has 1 N–H and O–H groups in total. The third-order valence-corrected chi connectivity index (χ3v) is 2.04. The van der Waals surface area contributed by atoms with E-state index in [-0.39, 0.29) is 11.9 Å². The molecule has 1 amide bonds. The fraction of sp³-hybridized carbons (Fsp3) is 0.500. The van der Waals surface area contributed by atoms with Gasteiger partial charge in [-0.25, -0.2) is 0 Å². The van der Waals surface area contributed by atoms with Crippen molar-refractivity contribution in [1.29, 1.82) is 0 Å². The molecule has 1 unspecified atom stereocenters. The predicted octanol–water partition coefficient (Wildman–Crippen LogP) is 1.79. The van der Waals surface area contributed by atoms with Crippen LogP contribution in [0.25, 0.3) is 0 Å². The predicted molar refractivity (Wildman–Crippen MR) is 49.7 cm³/mol. The normalized spacial score (nSPS) is 18.2. The van der Waals surface area contributed by atoms with Gasteiger partial charge in [-0.05, 0) is 26.2 Å². The molecule has 2 heteroatoms. The van der Waals surface area contributed by atoms with Crippen molar-refractivity contribution < 1.29 is 4.79 Å². The summed E-state index contributed by atoms with van der Waals surface area (Å²) in [6.07, 6.45) is 6.84. The first-order valence-electron chi connectivity index (χ1n) is 4.36. The molecule has 0 spiro atoms. The third-order valence-electron chi connectivity index (χ3n) is 2.04. The van der Waals surface area contributed by atoms with Crippen LogP contribution in [0.5, 0.6) is 0 Å². The Labute approximate surface area is 73.4 Å². The second-order valence-corrected chi connectivity index (χ2v) is 3.12. The Morgan fingerprint density at radius 1 is 1.83 bits per heavy atom. The van der Waals surface area contributed by atoms with E-state index in [0.717, 1.165) is 24.8 Å². The molecule has 1 aliphatic rings. The molecular formula is C10H15NO. The minimum atomic E-state index is 0.0685. The van der Waals surface area contributed by atoms with E-state index in [4.69, 9.17) is 0 Å². The van der Waals surface area contributed by atoms with Crippen molar-refractivity contribution in [2.24, 2.45) is 0 Å². The largest absolute Gasteiger partial charge is 0.346 e. The Kier molecular flexibility index (Phi) is 3.09. The molecule has 0 heterocycles. The van der Waals surface area contributed by atoms with Gasteiger partial charge in [0.15, 0.2) is 0 Å². The van der Waals surface area contributed by atoms with E-state index in [1.165, 1.54) is 0 Å². The van der Waals surface area contributed by atoms with Crippen LogP contribution in [0, 0.1) is 0 Å². The van der Waals surface area contributed by atoms with Gasteiger partial charge in [-0.1, -0.05) is 12.2 Å². The summed E-state index contributed by atoms with van der Waals surface area (Å²) in [4.78, 5) is 11.4. The van der Waals surface area contributed by atoms with Crippen LogP contribution in [-0.2, 0) is 4.79 Å². The number of carbonyl (C=O) groups excluding carboxylic acids is 1. The number of allylic oxidation sites excluding steroid dienone is 1. The van der Waals surface area contributed by atoms with E-state index < -0.39 is 0 Å². The summed E-state index contributed by atoms with van der Waals surface area (Å²) in [5.41, 5.74) is 0.934. The van der Waals surface area contributed by atoms with Gasteiger partial charge in [0.1, 0.15) is 0 Å². The van der Waals surface area contributed by atoms with E-state index in [2.05, 4.69) is 11.9 Å². The molecule has 1 aliphatic carbocycles. The molecule has 0 radical (unpaired) electrons. The van der Waals surface area contributed by atoms with Gasteiger partial charge >= 0.3 is 0 Å². The molecule has 12 heavy (non-hydrogen) atoms. The minimum Gasteiger partial charge on any atom is -0.346 e. The van der Waals surface area contributed by atoms with Crippen LogP contribution >= 0.6 is 0 Å². The lowest BCUT2D eigenvalue weighted by Crippen LogP contribution is -2.31. The van der Waals surface area contributed by atoms with Gasteiger partial charge in [0.05, 0.1) is 0 Å². The Morgan fingerprint density at radius 2 is 2.58 bits per heavy atom. The van der Waals surface area contributed by atoms with Crippen LogP contribution in [0.4, 0.5) is 0 Å². The van der Waals surface area contributed by atoms with Crippen LogP contribution in [0.15, 0.2) is 24.3 Å². The van der Waals surface area contributed by atoms with Gasteiger partial charge in [-0.15, -0.1) is 6.58 Å². The Bertz CT molecular complexity index is 218. The summed E-state index contributed by atoms with van der Waals surface area (Å²) in [6.45, 7) is 5.52. The van der Waals surface area contributed by atoms with E-state index in [0.29, 0.717) is 0 Å². The maximum atomic E-state index is 11.4. The molecule has 0 fully saturated rings. The molecule has 2 nitrogen and oxygen atoms in total. The third kappa shape index (κ3) is 2.22. The number of amides is 1. The molecule has 0 bridgehead atoms. The van der Waals surface area contributed by atoms with Crippen molar-refractivity contribution >= 4 is 5.91 Å². The monoisotopic (exact) mass is 165 g/mol. The van der Waals surface area contributed by atoms with Crippen molar-refractivity contribution in [3.8, 4) is 0 Å². The molecule has 0 aromatic carbocycles. The van der Waals surface area contributed by atoms with Crippen molar-refractivity contribution in [2.75, 3.05) is 0 Å². The molecule has 1 rings (SSSR count). The Balaban J connectivity index is 2.42. The van der Waals surface area contributed by atoms with Gasteiger partial charge in [0.25, 0.3) is 0 Å². The van der Waals surface area contributed by atoms with Crippen LogP contribution < -0.4 is 5.32 Å². The highest BCUT2D eigenvalue weighted by molar-refractivity contribution is 5.94. The van der Waals surface area contributed by atoms with Gasteiger partial charge < -0.3 is 5.32 Å². The smallest absolute Gasteiger partial charge is 0.247 e. The molecule has 0 aliphatic heterocycles. The minimum absolute atomic E-state index is 0.0685. The zero-order valence-corrected chi connectivity index (χ0v) is 7.47. The summed E-state index contributed by atoms with van der Waals surface area (Å²) < 4.78 is 0. The fourth-order valence-electron chi connectivity index (χ4n) is 1.24. The standard InChI is InChI=1S/C10H15NO/c1-3-8(2)11-10(12)9-6-4-5-7-9/h3,6,8H,1,4-5,7H2,2H3,(H,11,12). The summed E-state index contributed by atoms with van der Waals surface area (Å²) in [5, 5.41) is 2.85. The average molecular weight is 165 g/mol. The topological polar surface area (TPSA) is 29.1 Å². The van der Waals surface area contributed by atoms with Gasteiger partial charge in [-0.2, -0.15) is 0 Å². The van der Waals surface area contributed by atoms with Crippen LogP contribution in [0.1, 0.15) is 26.2 Å². The molecule has 0 aromatic heterocycles. The van der Waals surface area contributed by atoms with Crippen LogP contribution in [0.2, 0.25) is 0 Å². The van der Waals surface area contributed by atoms with Crippen molar-refractivity contribution in [1.82, 2.24) is 5.32 Å². The van der Waals surface area contributed by atoms with E-state index in [9.17, 15) is 4.79 Å². The Morgan fingerprint density at radius 3 is 3.08 bits per heavy atom. The number of hydrogen-bond acceptors (Lipinski definition) is 1. The molecule has 0 saturated carbocycles. The highest BCUT2D eigenvalue weighted by atomic mass is 16.1. The molecule has 1 atom stereocenters. The maximum Gasteiger partial charge on any atom is 0.247 e. The fourth-order valence-corrected chi connectivity index (χ4v) is 1.24.